The van der Waals surface area contributed by atoms with E-state index in [1.54, 1.807) is 7.11 Å². The van der Waals surface area contributed by atoms with Gasteiger partial charge < -0.3 is 9.47 Å². The second-order valence-electron chi connectivity index (χ2n) is 5.40. The molecule has 0 bridgehead atoms. The normalized spacial score (nSPS) is 17.4. The number of rotatable bonds is 7. The van der Waals surface area contributed by atoms with E-state index in [-0.39, 0.29) is 5.97 Å². The van der Waals surface area contributed by atoms with Gasteiger partial charge in [-0.05, 0) is 56.8 Å². The van der Waals surface area contributed by atoms with E-state index in [9.17, 15) is 4.79 Å². The summed E-state index contributed by atoms with van der Waals surface area (Å²) < 4.78 is 10.4. The van der Waals surface area contributed by atoms with Crippen LogP contribution in [0.5, 0.6) is 5.75 Å². The first-order valence-electron chi connectivity index (χ1n) is 7.17. The number of benzene rings is 1. The van der Waals surface area contributed by atoms with Gasteiger partial charge in [-0.3, -0.25) is 5.32 Å². The van der Waals surface area contributed by atoms with E-state index >= 15 is 0 Å². The molecule has 0 amide bonds. The highest BCUT2D eigenvalue weighted by molar-refractivity contribution is 5.82. The Balaban J connectivity index is 2.19. The molecule has 1 aromatic rings. The van der Waals surface area contributed by atoms with Crippen LogP contribution in [0.3, 0.4) is 0 Å². The minimum atomic E-state index is -0.801. The number of hydrogen-bond acceptors (Lipinski definition) is 4. The SMILES string of the molecule is CCOC(=O)C(C)(NCC1CC1)c1ccc(OC)cc1. The third kappa shape index (κ3) is 3.31. The molecule has 1 saturated carbocycles. The third-order valence-corrected chi connectivity index (χ3v) is 3.79. The topological polar surface area (TPSA) is 47.6 Å². The molecule has 1 aliphatic rings. The van der Waals surface area contributed by atoms with Crippen molar-refractivity contribution in [1.29, 1.82) is 0 Å². The lowest BCUT2D eigenvalue weighted by Crippen LogP contribution is -2.48. The molecule has 1 N–H and O–H groups in total. The Kier molecular flexibility index (Phi) is 4.65. The molecule has 4 heteroatoms. The molecule has 0 heterocycles. The zero-order valence-electron chi connectivity index (χ0n) is 12.4. The molecule has 1 aliphatic carbocycles. The summed E-state index contributed by atoms with van der Waals surface area (Å²) in [5.41, 5.74) is 0.0996. The zero-order chi connectivity index (χ0) is 14.6. The smallest absolute Gasteiger partial charge is 0.330 e. The summed E-state index contributed by atoms with van der Waals surface area (Å²) in [7, 11) is 1.63. The van der Waals surface area contributed by atoms with Gasteiger partial charge in [0.1, 0.15) is 11.3 Å². The lowest BCUT2D eigenvalue weighted by molar-refractivity contribution is -0.151. The van der Waals surface area contributed by atoms with Crippen LogP contribution >= 0.6 is 0 Å². The predicted molar refractivity (Wildman–Crippen MR) is 77.7 cm³/mol. The lowest BCUT2D eigenvalue weighted by atomic mass is 9.91. The van der Waals surface area contributed by atoms with E-state index in [1.165, 1.54) is 12.8 Å². The van der Waals surface area contributed by atoms with E-state index in [1.807, 2.05) is 38.1 Å². The summed E-state index contributed by atoms with van der Waals surface area (Å²) in [5.74, 6) is 1.25. The summed E-state index contributed by atoms with van der Waals surface area (Å²) in [6.45, 7) is 4.94. The van der Waals surface area contributed by atoms with Crippen LogP contribution < -0.4 is 10.1 Å². The van der Waals surface area contributed by atoms with Crippen LogP contribution in [0.2, 0.25) is 0 Å². The number of carbonyl (C=O) groups excluding carboxylic acids is 1. The molecule has 110 valence electrons. The first-order chi connectivity index (χ1) is 9.60. The fraction of sp³-hybridized carbons (Fsp3) is 0.562. The quantitative estimate of drug-likeness (QED) is 0.778. The van der Waals surface area contributed by atoms with Crippen molar-refractivity contribution < 1.29 is 14.3 Å². The van der Waals surface area contributed by atoms with Gasteiger partial charge in [0.25, 0.3) is 0 Å². The average Bonchev–Trinajstić information content (AvgIpc) is 3.29. The molecule has 1 fully saturated rings. The lowest BCUT2D eigenvalue weighted by Gasteiger charge is -2.29. The van der Waals surface area contributed by atoms with Gasteiger partial charge in [-0.1, -0.05) is 12.1 Å². The number of carbonyl (C=O) groups is 1. The van der Waals surface area contributed by atoms with E-state index < -0.39 is 5.54 Å². The van der Waals surface area contributed by atoms with Crippen molar-refractivity contribution in [2.45, 2.75) is 32.2 Å². The second-order valence-corrected chi connectivity index (χ2v) is 5.40. The fourth-order valence-corrected chi connectivity index (χ4v) is 2.16. The van der Waals surface area contributed by atoms with Crippen molar-refractivity contribution in [3.63, 3.8) is 0 Å². The Bertz CT molecular complexity index is 453. The van der Waals surface area contributed by atoms with Crippen molar-refractivity contribution in [2.75, 3.05) is 20.3 Å². The molecule has 0 aliphatic heterocycles. The van der Waals surface area contributed by atoms with Crippen molar-refractivity contribution in [2.24, 2.45) is 5.92 Å². The number of ether oxygens (including phenoxy) is 2. The van der Waals surface area contributed by atoms with Crippen LogP contribution in [-0.4, -0.2) is 26.2 Å². The Morgan fingerprint density at radius 1 is 1.35 bits per heavy atom. The Labute approximate surface area is 120 Å². The molecule has 0 saturated heterocycles. The first kappa shape index (κ1) is 14.9. The Hall–Kier alpha value is -1.55. The largest absolute Gasteiger partial charge is 0.497 e. The van der Waals surface area contributed by atoms with E-state index in [4.69, 9.17) is 9.47 Å². The fourth-order valence-electron chi connectivity index (χ4n) is 2.16. The van der Waals surface area contributed by atoms with Gasteiger partial charge in [-0.2, -0.15) is 0 Å². The molecule has 0 radical (unpaired) electrons. The van der Waals surface area contributed by atoms with Crippen LogP contribution in [0.25, 0.3) is 0 Å². The molecule has 0 spiro atoms. The summed E-state index contributed by atoms with van der Waals surface area (Å²) >= 11 is 0. The highest BCUT2D eigenvalue weighted by Gasteiger charge is 2.38. The van der Waals surface area contributed by atoms with Crippen molar-refractivity contribution >= 4 is 5.97 Å². The highest BCUT2D eigenvalue weighted by atomic mass is 16.5. The Morgan fingerprint density at radius 3 is 2.50 bits per heavy atom. The van der Waals surface area contributed by atoms with Crippen molar-refractivity contribution in [1.82, 2.24) is 5.32 Å². The van der Waals surface area contributed by atoms with Crippen LogP contribution in [0.1, 0.15) is 32.3 Å². The second kappa shape index (κ2) is 6.27. The van der Waals surface area contributed by atoms with Crippen LogP contribution in [0.15, 0.2) is 24.3 Å². The maximum Gasteiger partial charge on any atom is 0.330 e. The first-order valence-corrected chi connectivity index (χ1v) is 7.17. The summed E-state index contributed by atoms with van der Waals surface area (Å²) in [6.07, 6.45) is 2.49. The molecule has 0 aromatic heterocycles. The maximum absolute atomic E-state index is 12.3. The number of hydrogen-bond donors (Lipinski definition) is 1. The maximum atomic E-state index is 12.3. The van der Waals surface area contributed by atoms with E-state index in [2.05, 4.69) is 5.32 Å². The summed E-state index contributed by atoms with van der Waals surface area (Å²) in [5, 5.41) is 3.38. The minimum Gasteiger partial charge on any atom is -0.497 e. The molecule has 1 aromatic carbocycles. The van der Waals surface area contributed by atoms with Crippen LogP contribution in [-0.2, 0) is 15.1 Å². The average molecular weight is 277 g/mol. The monoisotopic (exact) mass is 277 g/mol. The van der Waals surface area contributed by atoms with E-state index in [0.717, 1.165) is 17.9 Å². The minimum absolute atomic E-state index is 0.231. The third-order valence-electron chi connectivity index (χ3n) is 3.79. The number of esters is 1. The van der Waals surface area contributed by atoms with Gasteiger partial charge in [0, 0.05) is 0 Å². The molecular weight excluding hydrogens is 254 g/mol. The molecule has 2 rings (SSSR count). The van der Waals surface area contributed by atoms with Gasteiger partial charge in [0.05, 0.1) is 13.7 Å². The van der Waals surface area contributed by atoms with Gasteiger partial charge >= 0.3 is 5.97 Å². The summed E-state index contributed by atoms with van der Waals surface area (Å²) in [4.78, 5) is 12.3. The van der Waals surface area contributed by atoms with Gasteiger partial charge in [0.2, 0.25) is 0 Å². The number of nitrogens with one attached hydrogen (secondary N) is 1. The van der Waals surface area contributed by atoms with Crippen LogP contribution in [0.4, 0.5) is 0 Å². The molecular formula is C16H23NO3. The molecule has 1 atom stereocenters. The molecule has 20 heavy (non-hydrogen) atoms. The Morgan fingerprint density at radius 2 is 2.00 bits per heavy atom. The standard InChI is InChI=1S/C16H23NO3/c1-4-20-15(18)16(2,17-11-12-5-6-12)13-7-9-14(19-3)10-8-13/h7-10,12,17H,4-6,11H2,1-3H3. The van der Waals surface area contributed by atoms with Crippen molar-refractivity contribution in [3.8, 4) is 5.75 Å². The highest BCUT2D eigenvalue weighted by Crippen LogP contribution is 2.31. The number of methoxy groups -OCH3 is 1. The zero-order valence-corrected chi connectivity index (χ0v) is 12.4. The van der Waals surface area contributed by atoms with Gasteiger partial charge in [-0.25, -0.2) is 4.79 Å². The summed E-state index contributed by atoms with van der Waals surface area (Å²) in [6, 6.07) is 7.56. The van der Waals surface area contributed by atoms with E-state index in [0.29, 0.717) is 12.5 Å². The van der Waals surface area contributed by atoms with Crippen LogP contribution in [0, 0.1) is 5.92 Å². The van der Waals surface area contributed by atoms with Gasteiger partial charge in [0.15, 0.2) is 0 Å². The molecule has 4 nitrogen and oxygen atoms in total. The predicted octanol–water partition coefficient (Wildman–Crippen LogP) is 2.47. The molecule has 1 unspecified atom stereocenters. The van der Waals surface area contributed by atoms with Gasteiger partial charge in [-0.15, -0.1) is 0 Å². The van der Waals surface area contributed by atoms with Crippen molar-refractivity contribution in [3.05, 3.63) is 29.8 Å².